The first-order chi connectivity index (χ1) is 15.6. The van der Waals surface area contributed by atoms with Crippen LogP contribution in [-0.2, 0) is 26.6 Å². The molecule has 3 rings (SSSR count). The Kier molecular flexibility index (Phi) is 8.19. The molecule has 1 atom stereocenters. The van der Waals surface area contributed by atoms with E-state index in [4.69, 9.17) is 4.74 Å². The summed E-state index contributed by atoms with van der Waals surface area (Å²) < 4.78 is 36.2. The van der Waals surface area contributed by atoms with Crippen LogP contribution >= 0.6 is 23.1 Å². The molecular weight excluding hydrogens is 486 g/mol. The molecule has 0 aromatic carbocycles. The highest BCUT2D eigenvalue weighted by Crippen LogP contribution is 2.32. The first-order valence-corrected chi connectivity index (χ1v) is 14.0. The molecule has 33 heavy (non-hydrogen) atoms. The maximum absolute atomic E-state index is 13.7. The third kappa shape index (κ3) is 5.26. The first kappa shape index (κ1) is 25.7. The van der Waals surface area contributed by atoms with Crippen LogP contribution in [0.1, 0.15) is 48.4 Å². The molecule has 1 amide bonds. The largest absolute Gasteiger partial charge is 0.462 e. The van der Waals surface area contributed by atoms with Gasteiger partial charge in [-0.1, -0.05) is 30.0 Å². The standard InChI is InChI=1S/C20H29N5O5S3/c1-6-30-18(27)15-12(3)24(5)13(4)16(15)33(28,29)25-10-8-9-14(11-25)17(26)21-19-22-23-20(32-19)31-7-2/h14H,6-11H2,1-5H3,(H,21,22,26)/t14-/m0/s1. The molecule has 1 saturated heterocycles. The van der Waals surface area contributed by atoms with Crippen LogP contribution in [-0.4, -0.2) is 64.8 Å². The van der Waals surface area contributed by atoms with Crippen molar-refractivity contribution in [2.75, 3.05) is 30.8 Å². The van der Waals surface area contributed by atoms with Crippen LogP contribution < -0.4 is 5.32 Å². The van der Waals surface area contributed by atoms with Crippen LogP contribution in [0.2, 0.25) is 0 Å². The van der Waals surface area contributed by atoms with Gasteiger partial charge in [0, 0.05) is 31.5 Å². The molecule has 10 nitrogen and oxygen atoms in total. The molecule has 2 aromatic rings. The van der Waals surface area contributed by atoms with Gasteiger partial charge < -0.3 is 14.6 Å². The van der Waals surface area contributed by atoms with Gasteiger partial charge in [0.1, 0.15) is 10.5 Å². The number of hydrogen-bond donors (Lipinski definition) is 1. The molecule has 0 bridgehead atoms. The van der Waals surface area contributed by atoms with Crippen molar-refractivity contribution in [3.05, 3.63) is 17.0 Å². The number of anilines is 1. The number of carbonyl (C=O) groups excluding carboxylic acids is 2. The molecule has 1 N–H and O–H groups in total. The molecule has 1 aliphatic rings. The number of aromatic nitrogens is 3. The fraction of sp³-hybridized carbons (Fsp3) is 0.600. The monoisotopic (exact) mass is 515 g/mol. The van der Waals surface area contributed by atoms with Crippen molar-refractivity contribution >= 4 is 50.1 Å². The van der Waals surface area contributed by atoms with Crippen molar-refractivity contribution in [3.8, 4) is 0 Å². The fourth-order valence-electron chi connectivity index (χ4n) is 3.83. The number of esters is 1. The third-order valence-corrected chi connectivity index (χ3v) is 9.54. The summed E-state index contributed by atoms with van der Waals surface area (Å²) in [7, 11) is -2.31. The van der Waals surface area contributed by atoms with Gasteiger partial charge in [-0.05, 0) is 39.4 Å². The highest BCUT2D eigenvalue weighted by Gasteiger charge is 2.39. The third-order valence-electron chi connectivity index (χ3n) is 5.66. The summed E-state index contributed by atoms with van der Waals surface area (Å²) in [6, 6.07) is 0. The van der Waals surface area contributed by atoms with Gasteiger partial charge in [0.2, 0.25) is 21.1 Å². The SMILES string of the molecule is CCOC(=O)c1c(S(=O)(=O)N2CCC[C@H](C(=O)Nc3nnc(SCC)s3)C2)c(C)n(C)c1C. The number of piperidine rings is 1. The number of sulfonamides is 1. The lowest BCUT2D eigenvalue weighted by atomic mass is 9.99. The van der Waals surface area contributed by atoms with Crippen molar-refractivity contribution in [2.24, 2.45) is 13.0 Å². The van der Waals surface area contributed by atoms with E-state index in [0.717, 1.165) is 10.1 Å². The van der Waals surface area contributed by atoms with Crippen LogP contribution in [0, 0.1) is 19.8 Å². The van der Waals surface area contributed by atoms with Gasteiger partial charge in [-0.25, -0.2) is 13.2 Å². The quantitative estimate of drug-likeness (QED) is 0.323. The number of amides is 1. The molecule has 0 saturated carbocycles. The maximum Gasteiger partial charge on any atom is 0.341 e. The van der Waals surface area contributed by atoms with E-state index >= 15 is 0 Å². The molecule has 2 aromatic heterocycles. The van der Waals surface area contributed by atoms with Gasteiger partial charge in [0.05, 0.1) is 12.5 Å². The average molecular weight is 516 g/mol. The first-order valence-electron chi connectivity index (χ1n) is 10.7. The minimum absolute atomic E-state index is 0.0270. The number of thioether (sulfide) groups is 1. The molecule has 182 valence electrons. The zero-order chi connectivity index (χ0) is 24.3. The van der Waals surface area contributed by atoms with E-state index < -0.39 is 21.9 Å². The van der Waals surface area contributed by atoms with Gasteiger partial charge in [0.15, 0.2) is 4.34 Å². The van der Waals surface area contributed by atoms with Crippen LogP contribution in [0.3, 0.4) is 0 Å². The number of rotatable bonds is 8. The minimum Gasteiger partial charge on any atom is -0.462 e. The Bertz CT molecular complexity index is 1140. The number of hydrogen-bond acceptors (Lipinski definition) is 9. The smallest absolute Gasteiger partial charge is 0.341 e. The summed E-state index contributed by atoms with van der Waals surface area (Å²) >= 11 is 2.83. The van der Waals surface area contributed by atoms with Gasteiger partial charge >= 0.3 is 5.97 Å². The highest BCUT2D eigenvalue weighted by atomic mass is 32.2. The van der Waals surface area contributed by atoms with E-state index in [9.17, 15) is 18.0 Å². The van der Waals surface area contributed by atoms with Crippen molar-refractivity contribution in [1.82, 2.24) is 19.1 Å². The number of nitrogens with zero attached hydrogens (tertiary/aromatic N) is 4. The van der Waals surface area contributed by atoms with Gasteiger partial charge in [-0.15, -0.1) is 10.2 Å². The fourth-order valence-corrected chi connectivity index (χ4v) is 7.48. The molecule has 1 fully saturated rings. The Hall–Kier alpha value is -1.96. The highest BCUT2D eigenvalue weighted by molar-refractivity contribution is 8.01. The lowest BCUT2D eigenvalue weighted by Gasteiger charge is -2.31. The van der Waals surface area contributed by atoms with E-state index in [1.54, 1.807) is 32.4 Å². The van der Waals surface area contributed by atoms with Crippen molar-refractivity contribution in [2.45, 2.75) is 49.8 Å². The van der Waals surface area contributed by atoms with E-state index in [1.807, 2.05) is 6.92 Å². The second kappa shape index (κ2) is 10.5. The molecule has 13 heteroatoms. The summed E-state index contributed by atoms with van der Waals surface area (Å²) in [5.41, 5.74) is 1.03. The van der Waals surface area contributed by atoms with Gasteiger partial charge in [-0.2, -0.15) is 4.31 Å². The molecule has 0 aliphatic carbocycles. The van der Waals surface area contributed by atoms with E-state index in [2.05, 4.69) is 15.5 Å². The van der Waals surface area contributed by atoms with Crippen molar-refractivity contribution < 1.29 is 22.7 Å². The molecule has 0 spiro atoms. The van der Waals surface area contributed by atoms with Gasteiger partial charge in [0.25, 0.3) is 0 Å². The summed E-state index contributed by atoms with van der Waals surface area (Å²) in [5, 5.41) is 11.2. The number of nitrogens with one attached hydrogen (secondary N) is 1. The summed E-state index contributed by atoms with van der Waals surface area (Å²) in [5.74, 6) is -0.633. The lowest BCUT2D eigenvalue weighted by Crippen LogP contribution is -2.44. The van der Waals surface area contributed by atoms with Crippen molar-refractivity contribution in [3.63, 3.8) is 0 Å². The zero-order valence-electron chi connectivity index (χ0n) is 19.4. The van der Waals surface area contributed by atoms with Crippen LogP contribution in [0.5, 0.6) is 0 Å². The second-order valence-electron chi connectivity index (χ2n) is 7.65. The van der Waals surface area contributed by atoms with E-state index in [0.29, 0.717) is 29.4 Å². The van der Waals surface area contributed by atoms with Crippen LogP contribution in [0.4, 0.5) is 5.13 Å². The normalized spacial score (nSPS) is 17.2. The predicted molar refractivity (Wildman–Crippen MR) is 127 cm³/mol. The molecule has 3 heterocycles. The van der Waals surface area contributed by atoms with Gasteiger partial charge in [-0.3, -0.25) is 4.79 Å². The van der Waals surface area contributed by atoms with Crippen molar-refractivity contribution in [1.29, 1.82) is 0 Å². The molecule has 1 aliphatic heterocycles. The molecule has 0 radical (unpaired) electrons. The minimum atomic E-state index is -4.03. The summed E-state index contributed by atoms with van der Waals surface area (Å²) in [4.78, 5) is 25.4. The predicted octanol–water partition coefficient (Wildman–Crippen LogP) is 2.82. The molecular formula is C20H29N5O5S3. The summed E-state index contributed by atoms with van der Waals surface area (Å²) in [6.45, 7) is 7.48. The zero-order valence-corrected chi connectivity index (χ0v) is 21.8. The Balaban J connectivity index is 1.84. The Morgan fingerprint density at radius 3 is 2.64 bits per heavy atom. The Morgan fingerprint density at radius 2 is 1.97 bits per heavy atom. The lowest BCUT2D eigenvalue weighted by molar-refractivity contribution is -0.120. The average Bonchev–Trinajstić information content (AvgIpc) is 3.31. The molecule has 0 unspecified atom stereocenters. The number of ether oxygens (including phenoxy) is 1. The maximum atomic E-state index is 13.7. The Morgan fingerprint density at radius 1 is 1.24 bits per heavy atom. The number of carbonyl (C=O) groups is 2. The second-order valence-corrected chi connectivity index (χ2v) is 12.0. The van der Waals surface area contributed by atoms with E-state index in [1.165, 1.54) is 27.4 Å². The Labute approximate surface area is 202 Å². The van der Waals surface area contributed by atoms with Crippen LogP contribution in [0.15, 0.2) is 9.24 Å². The van der Waals surface area contributed by atoms with E-state index in [-0.39, 0.29) is 36.1 Å². The topological polar surface area (TPSA) is 123 Å². The van der Waals surface area contributed by atoms with Crippen LogP contribution in [0.25, 0.3) is 0 Å². The summed E-state index contributed by atoms with van der Waals surface area (Å²) in [6.07, 6.45) is 1.09.